The molecule has 190 valence electrons. The Hall–Kier alpha value is -4.12. The molecule has 0 unspecified atom stereocenters. The molecule has 11 heteroatoms. The molecule has 3 N–H and O–H groups in total. The third kappa shape index (κ3) is 4.35. The van der Waals surface area contributed by atoms with E-state index in [-0.39, 0.29) is 11.8 Å². The van der Waals surface area contributed by atoms with Crippen LogP contribution in [0.5, 0.6) is 0 Å². The second-order valence-electron chi connectivity index (χ2n) is 10.1. The Balaban J connectivity index is 1.17. The fraction of sp³-hybridized carbons (Fsp3) is 0.385. The molecule has 4 aromatic rings. The fourth-order valence-corrected chi connectivity index (χ4v) is 5.64. The zero-order chi connectivity index (χ0) is 25.7. The first-order chi connectivity index (χ1) is 17.9. The van der Waals surface area contributed by atoms with E-state index in [2.05, 4.69) is 40.8 Å². The molecule has 2 amide bonds. The molecule has 1 aliphatic heterocycles. The van der Waals surface area contributed by atoms with Crippen molar-refractivity contribution in [3.63, 3.8) is 0 Å². The number of aromatic amines is 1. The minimum absolute atomic E-state index is 0.0666. The van der Waals surface area contributed by atoms with Gasteiger partial charge < -0.3 is 10.6 Å². The van der Waals surface area contributed by atoms with Crippen LogP contribution in [0.2, 0.25) is 0 Å². The lowest BCUT2D eigenvalue weighted by Crippen LogP contribution is -2.38. The summed E-state index contributed by atoms with van der Waals surface area (Å²) >= 11 is 0. The highest BCUT2D eigenvalue weighted by Crippen LogP contribution is 2.37. The number of hydrogen-bond donors (Lipinski definition) is 3. The van der Waals surface area contributed by atoms with Crippen LogP contribution in [0.4, 0.5) is 11.4 Å². The van der Waals surface area contributed by atoms with Gasteiger partial charge in [-0.15, -0.1) is 0 Å². The van der Waals surface area contributed by atoms with E-state index in [0.29, 0.717) is 40.7 Å². The molecule has 1 saturated carbocycles. The summed E-state index contributed by atoms with van der Waals surface area (Å²) in [4.78, 5) is 37.0. The molecule has 4 aromatic heterocycles. The first kappa shape index (κ1) is 23.3. The number of fused-ring (bicyclic) bond motifs is 3. The quantitative estimate of drug-likeness (QED) is 0.371. The van der Waals surface area contributed by atoms with Crippen LogP contribution in [-0.4, -0.2) is 65.6 Å². The van der Waals surface area contributed by atoms with Gasteiger partial charge in [0, 0.05) is 23.8 Å². The topological polar surface area (TPSA) is 133 Å². The van der Waals surface area contributed by atoms with Gasteiger partial charge >= 0.3 is 0 Å². The molecule has 6 rings (SSSR count). The van der Waals surface area contributed by atoms with Gasteiger partial charge in [-0.05, 0) is 52.0 Å². The van der Waals surface area contributed by atoms with E-state index in [0.717, 1.165) is 35.1 Å². The van der Waals surface area contributed by atoms with E-state index < -0.39 is 0 Å². The molecule has 2 fully saturated rings. The van der Waals surface area contributed by atoms with Crippen molar-refractivity contribution in [2.24, 2.45) is 5.92 Å². The van der Waals surface area contributed by atoms with Gasteiger partial charge in [-0.1, -0.05) is 0 Å². The molecule has 0 spiro atoms. The lowest BCUT2D eigenvalue weighted by Gasteiger charge is -2.25. The first-order valence-electron chi connectivity index (χ1n) is 12.5. The number of likely N-dealkylation sites (tertiary alicyclic amines) is 1. The Kier molecular flexibility index (Phi) is 5.71. The molecule has 37 heavy (non-hydrogen) atoms. The van der Waals surface area contributed by atoms with E-state index in [1.54, 1.807) is 29.2 Å². The standard InChI is InChI=1S/C26H29N9O2/c1-14-21(7-18(8-27-14)30-24(36)13-34-11-17-4-5-19(34)6-17)31-26(37)20-9-29-35-12-22(28-10-23(20)35)25-15(2)32-33-16(25)3/h7-10,12,17,19H,4-6,11,13H2,1-3H3,(H,30,36)(H,31,37)(H,32,33)/t17-,19+/m1/s1. The molecular formula is C26H29N9O2. The van der Waals surface area contributed by atoms with Gasteiger partial charge in [-0.25, -0.2) is 4.52 Å². The summed E-state index contributed by atoms with van der Waals surface area (Å²) in [7, 11) is 0. The Morgan fingerprint density at radius 1 is 1.08 bits per heavy atom. The lowest BCUT2D eigenvalue weighted by atomic mass is 10.1. The van der Waals surface area contributed by atoms with Crippen molar-refractivity contribution < 1.29 is 9.59 Å². The van der Waals surface area contributed by atoms with Crippen molar-refractivity contribution in [3.8, 4) is 11.3 Å². The van der Waals surface area contributed by atoms with Crippen LogP contribution < -0.4 is 10.6 Å². The summed E-state index contributed by atoms with van der Waals surface area (Å²) in [5, 5.41) is 17.4. The van der Waals surface area contributed by atoms with Crippen molar-refractivity contribution in [1.82, 2.24) is 34.7 Å². The fourth-order valence-electron chi connectivity index (χ4n) is 5.64. The van der Waals surface area contributed by atoms with Gasteiger partial charge in [0.1, 0.15) is 0 Å². The largest absolute Gasteiger partial charge is 0.324 e. The molecule has 5 heterocycles. The second-order valence-corrected chi connectivity index (χ2v) is 10.1. The second kappa shape index (κ2) is 9.07. The molecule has 11 nitrogen and oxygen atoms in total. The molecular weight excluding hydrogens is 470 g/mol. The number of carbonyl (C=O) groups is 2. The number of rotatable bonds is 6. The number of piperidine rings is 1. The summed E-state index contributed by atoms with van der Waals surface area (Å²) in [6, 6.07) is 2.27. The van der Waals surface area contributed by atoms with E-state index in [9.17, 15) is 9.59 Å². The van der Waals surface area contributed by atoms with Gasteiger partial charge in [0.05, 0.1) is 70.9 Å². The van der Waals surface area contributed by atoms with Crippen LogP contribution in [0.3, 0.4) is 0 Å². The van der Waals surface area contributed by atoms with Crippen molar-refractivity contribution in [2.75, 3.05) is 23.7 Å². The van der Waals surface area contributed by atoms with Crippen molar-refractivity contribution in [2.45, 2.75) is 46.1 Å². The van der Waals surface area contributed by atoms with Gasteiger partial charge in [-0.2, -0.15) is 10.2 Å². The molecule has 2 atom stereocenters. The van der Waals surface area contributed by atoms with Gasteiger partial charge in [0.25, 0.3) is 5.91 Å². The van der Waals surface area contributed by atoms with Crippen molar-refractivity contribution in [3.05, 3.63) is 53.5 Å². The molecule has 1 saturated heterocycles. The van der Waals surface area contributed by atoms with Crippen molar-refractivity contribution in [1.29, 1.82) is 0 Å². The summed E-state index contributed by atoms with van der Waals surface area (Å²) in [6.07, 6.45) is 10.2. The maximum absolute atomic E-state index is 13.2. The minimum atomic E-state index is -0.332. The molecule has 1 aliphatic carbocycles. The van der Waals surface area contributed by atoms with Crippen molar-refractivity contribution >= 4 is 28.7 Å². The van der Waals surface area contributed by atoms with E-state index in [1.807, 2.05) is 20.8 Å². The van der Waals surface area contributed by atoms with E-state index in [4.69, 9.17) is 0 Å². The number of hydrogen-bond acceptors (Lipinski definition) is 7. The predicted octanol–water partition coefficient (Wildman–Crippen LogP) is 3.11. The van der Waals surface area contributed by atoms with Crippen LogP contribution in [0, 0.1) is 26.7 Å². The number of anilines is 2. The smallest absolute Gasteiger partial charge is 0.259 e. The van der Waals surface area contributed by atoms with E-state index in [1.165, 1.54) is 25.5 Å². The maximum atomic E-state index is 13.2. The third-order valence-corrected chi connectivity index (χ3v) is 7.52. The average molecular weight is 500 g/mol. The Morgan fingerprint density at radius 3 is 2.68 bits per heavy atom. The van der Waals surface area contributed by atoms with Gasteiger partial charge in [-0.3, -0.25) is 29.6 Å². The number of aryl methyl sites for hydroxylation is 3. The van der Waals surface area contributed by atoms with Gasteiger partial charge in [0.15, 0.2) is 0 Å². The number of pyridine rings is 1. The Morgan fingerprint density at radius 2 is 1.95 bits per heavy atom. The van der Waals surface area contributed by atoms with Crippen LogP contribution in [0.15, 0.2) is 30.9 Å². The highest BCUT2D eigenvalue weighted by atomic mass is 16.2. The number of H-pyrrole nitrogens is 1. The number of nitrogens with one attached hydrogen (secondary N) is 3. The predicted molar refractivity (Wildman–Crippen MR) is 138 cm³/mol. The normalized spacial score (nSPS) is 19.0. The average Bonchev–Trinajstić information content (AvgIpc) is 3.65. The first-order valence-corrected chi connectivity index (χ1v) is 12.5. The number of carbonyl (C=O) groups excluding carboxylic acids is 2. The highest BCUT2D eigenvalue weighted by Gasteiger charge is 2.38. The summed E-state index contributed by atoms with van der Waals surface area (Å²) in [5.74, 6) is 0.339. The van der Waals surface area contributed by atoms with Crippen LogP contribution in [0.1, 0.15) is 46.7 Å². The highest BCUT2D eigenvalue weighted by molar-refractivity contribution is 6.09. The zero-order valence-corrected chi connectivity index (χ0v) is 21.1. The van der Waals surface area contributed by atoms with E-state index >= 15 is 0 Å². The summed E-state index contributed by atoms with van der Waals surface area (Å²) in [6.45, 7) is 7.04. The van der Waals surface area contributed by atoms with Crippen LogP contribution in [0.25, 0.3) is 16.8 Å². The zero-order valence-electron chi connectivity index (χ0n) is 21.1. The maximum Gasteiger partial charge on any atom is 0.259 e. The number of aromatic nitrogens is 6. The minimum Gasteiger partial charge on any atom is -0.324 e. The SMILES string of the molecule is Cc1ncc(NC(=O)CN2C[C@@H]3CC[C@H]2C3)cc1NC(=O)c1cnn2cc(-c3c(C)n[nH]c3C)ncc12. The third-order valence-electron chi connectivity index (χ3n) is 7.52. The lowest BCUT2D eigenvalue weighted by molar-refractivity contribution is -0.117. The monoisotopic (exact) mass is 499 g/mol. The molecule has 2 bridgehead atoms. The molecule has 0 aromatic carbocycles. The number of nitrogens with zero attached hydrogens (tertiary/aromatic N) is 6. The Bertz CT molecular complexity index is 1500. The summed E-state index contributed by atoms with van der Waals surface area (Å²) in [5.41, 5.74) is 6.08. The van der Waals surface area contributed by atoms with Crippen LogP contribution in [-0.2, 0) is 4.79 Å². The number of amides is 2. The van der Waals surface area contributed by atoms with Gasteiger partial charge in [0.2, 0.25) is 5.91 Å². The Labute approximate surface area is 213 Å². The molecule has 2 aliphatic rings. The summed E-state index contributed by atoms with van der Waals surface area (Å²) < 4.78 is 1.63. The molecule has 0 radical (unpaired) electrons. The van der Waals surface area contributed by atoms with Crippen LogP contribution >= 0.6 is 0 Å².